The fourth-order valence-electron chi connectivity index (χ4n) is 2.04. The fraction of sp³-hybridized carbons (Fsp3) is 0.214. The van der Waals surface area contributed by atoms with Crippen LogP contribution in [0.5, 0.6) is 0 Å². The Morgan fingerprint density at radius 2 is 2.25 bits per heavy atom. The second kappa shape index (κ2) is 6.36. The van der Waals surface area contributed by atoms with Crippen LogP contribution in [-0.2, 0) is 13.1 Å². The second-order valence-corrected chi connectivity index (χ2v) is 4.90. The van der Waals surface area contributed by atoms with E-state index >= 15 is 0 Å². The van der Waals surface area contributed by atoms with Gasteiger partial charge in [-0.25, -0.2) is 4.79 Å². The number of carbonyl (C=O) groups excluding carboxylic acids is 1. The quantitative estimate of drug-likeness (QED) is 0.660. The molecule has 3 aromatic heterocycles. The maximum atomic E-state index is 12.4. The normalized spacial score (nSPS) is 10.7. The predicted octanol–water partition coefficient (Wildman–Crippen LogP) is -0.201. The van der Waals surface area contributed by atoms with Crippen molar-refractivity contribution in [1.82, 2.24) is 25.0 Å². The SMILES string of the molecule is Cc1noc(CNC(=O)c2c[nH]c(=O)n(Cc3ccco3)c2=O)n1. The highest BCUT2D eigenvalue weighted by molar-refractivity contribution is 5.93. The molecular formula is C14H13N5O5. The van der Waals surface area contributed by atoms with Gasteiger partial charge in [-0.2, -0.15) is 4.98 Å². The Kier molecular flexibility index (Phi) is 4.10. The number of amides is 1. The molecule has 0 saturated carbocycles. The lowest BCUT2D eigenvalue weighted by molar-refractivity contribution is 0.0943. The van der Waals surface area contributed by atoms with Crippen molar-refractivity contribution in [3.63, 3.8) is 0 Å². The summed E-state index contributed by atoms with van der Waals surface area (Å²) in [5.74, 6) is 0.395. The van der Waals surface area contributed by atoms with Gasteiger partial charge >= 0.3 is 5.69 Å². The summed E-state index contributed by atoms with van der Waals surface area (Å²) in [5.41, 5.74) is -1.58. The van der Waals surface area contributed by atoms with E-state index < -0.39 is 17.2 Å². The minimum atomic E-state index is -0.727. The highest BCUT2D eigenvalue weighted by Crippen LogP contribution is 2.00. The van der Waals surface area contributed by atoms with Crippen molar-refractivity contribution in [2.75, 3.05) is 0 Å². The first-order valence-corrected chi connectivity index (χ1v) is 6.97. The van der Waals surface area contributed by atoms with Crippen LogP contribution in [0.1, 0.15) is 27.8 Å². The molecule has 0 bridgehead atoms. The summed E-state index contributed by atoms with van der Waals surface area (Å²) in [6.45, 7) is 1.53. The summed E-state index contributed by atoms with van der Waals surface area (Å²) >= 11 is 0. The van der Waals surface area contributed by atoms with Gasteiger partial charge < -0.3 is 19.2 Å². The Morgan fingerprint density at radius 1 is 1.42 bits per heavy atom. The van der Waals surface area contributed by atoms with E-state index in [0.29, 0.717) is 11.6 Å². The van der Waals surface area contributed by atoms with E-state index in [1.54, 1.807) is 19.1 Å². The number of nitrogens with zero attached hydrogens (tertiary/aromatic N) is 3. The Balaban J connectivity index is 1.81. The maximum Gasteiger partial charge on any atom is 0.328 e. The molecule has 3 aromatic rings. The van der Waals surface area contributed by atoms with Gasteiger partial charge in [-0.05, 0) is 19.1 Å². The van der Waals surface area contributed by atoms with Crippen molar-refractivity contribution in [3.05, 3.63) is 68.5 Å². The van der Waals surface area contributed by atoms with Gasteiger partial charge in [-0.1, -0.05) is 5.16 Å². The zero-order chi connectivity index (χ0) is 17.1. The second-order valence-electron chi connectivity index (χ2n) is 4.90. The molecule has 0 fully saturated rings. The lowest BCUT2D eigenvalue weighted by Gasteiger charge is -2.06. The van der Waals surface area contributed by atoms with Crippen molar-refractivity contribution in [2.45, 2.75) is 20.0 Å². The molecule has 0 aliphatic heterocycles. The van der Waals surface area contributed by atoms with Crippen LogP contribution in [0.25, 0.3) is 0 Å². The van der Waals surface area contributed by atoms with Crippen molar-refractivity contribution in [3.8, 4) is 0 Å². The molecule has 10 heteroatoms. The molecule has 124 valence electrons. The summed E-state index contributed by atoms with van der Waals surface area (Å²) in [4.78, 5) is 42.6. The summed E-state index contributed by atoms with van der Waals surface area (Å²) in [7, 11) is 0. The molecule has 3 rings (SSSR count). The molecule has 24 heavy (non-hydrogen) atoms. The third-order valence-electron chi connectivity index (χ3n) is 3.17. The van der Waals surface area contributed by atoms with Gasteiger partial charge in [0, 0.05) is 6.20 Å². The Morgan fingerprint density at radius 3 is 2.92 bits per heavy atom. The van der Waals surface area contributed by atoms with Gasteiger partial charge in [0.2, 0.25) is 5.89 Å². The first-order chi connectivity index (χ1) is 11.5. The van der Waals surface area contributed by atoms with Gasteiger partial charge in [0.1, 0.15) is 11.3 Å². The molecule has 3 heterocycles. The van der Waals surface area contributed by atoms with Crippen LogP contribution < -0.4 is 16.6 Å². The van der Waals surface area contributed by atoms with Crippen molar-refractivity contribution in [2.24, 2.45) is 0 Å². The van der Waals surface area contributed by atoms with Crippen LogP contribution in [0, 0.1) is 6.92 Å². The third kappa shape index (κ3) is 3.16. The average molecular weight is 331 g/mol. The van der Waals surface area contributed by atoms with Crippen molar-refractivity contribution in [1.29, 1.82) is 0 Å². The van der Waals surface area contributed by atoms with E-state index in [1.807, 2.05) is 0 Å². The van der Waals surface area contributed by atoms with Gasteiger partial charge in [0.15, 0.2) is 5.82 Å². The first-order valence-electron chi connectivity index (χ1n) is 6.97. The predicted molar refractivity (Wildman–Crippen MR) is 79.3 cm³/mol. The summed E-state index contributed by atoms with van der Waals surface area (Å²) in [6, 6.07) is 3.26. The molecule has 0 aromatic carbocycles. The highest BCUT2D eigenvalue weighted by Gasteiger charge is 2.16. The number of rotatable bonds is 5. The number of furan rings is 1. The largest absolute Gasteiger partial charge is 0.467 e. The molecule has 2 N–H and O–H groups in total. The smallest absolute Gasteiger partial charge is 0.328 e. The number of aromatic amines is 1. The summed E-state index contributed by atoms with van der Waals surface area (Å²) in [5, 5.41) is 6.07. The molecule has 0 aliphatic rings. The van der Waals surface area contributed by atoms with Gasteiger partial charge in [-0.3, -0.25) is 14.2 Å². The zero-order valence-corrected chi connectivity index (χ0v) is 12.6. The van der Waals surface area contributed by atoms with E-state index in [9.17, 15) is 14.4 Å². The number of hydrogen-bond donors (Lipinski definition) is 2. The van der Waals surface area contributed by atoms with Crippen LogP contribution >= 0.6 is 0 Å². The number of H-pyrrole nitrogens is 1. The minimum absolute atomic E-state index is 0.0313. The van der Waals surface area contributed by atoms with E-state index in [2.05, 4.69) is 20.4 Å². The molecule has 0 spiro atoms. The summed E-state index contributed by atoms with van der Waals surface area (Å²) < 4.78 is 10.9. The number of carbonyl (C=O) groups is 1. The molecule has 0 atom stereocenters. The number of aryl methyl sites for hydroxylation is 1. The Labute approximate surface area is 134 Å². The number of aromatic nitrogens is 4. The molecule has 0 unspecified atom stereocenters. The molecule has 10 nitrogen and oxygen atoms in total. The Hall–Kier alpha value is -3.43. The monoisotopic (exact) mass is 331 g/mol. The minimum Gasteiger partial charge on any atom is -0.467 e. The fourth-order valence-corrected chi connectivity index (χ4v) is 2.04. The van der Waals surface area contributed by atoms with Crippen molar-refractivity contribution >= 4 is 5.91 Å². The Bertz CT molecular complexity index is 966. The van der Waals surface area contributed by atoms with E-state index in [1.165, 1.54) is 6.26 Å². The topological polar surface area (TPSA) is 136 Å². The van der Waals surface area contributed by atoms with Crippen LogP contribution in [-0.4, -0.2) is 25.6 Å². The molecule has 0 aliphatic carbocycles. The van der Waals surface area contributed by atoms with E-state index in [-0.39, 0.29) is 24.5 Å². The number of nitrogens with one attached hydrogen (secondary N) is 2. The number of hydrogen-bond acceptors (Lipinski definition) is 7. The van der Waals surface area contributed by atoms with Crippen LogP contribution in [0.15, 0.2) is 43.1 Å². The summed E-state index contributed by atoms with van der Waals surface area (Å²) in [6.07, 6.45) is 2.50. The van der Waals surface area contributed by atoms with E-state index in [4.69, 9.17) is 8.94 Å². The third-order valence-corrected chi connectivity index (χ3v) is 3.17. The van der Waals surface area contributed by atoms with Crippen LogP contribution in [0.3, 0.4) is 0 Å². The lowest BCUT2D eigenvalue weighted by Crippen LogP contribution is -2.40. The first kappa shape index (κ1) is 15.5. The molecule has 0 radical (unpaired) electrons. The van der Waals surface area contributed by atoms with Gasteiger partial charge in [-0.15, -0.1) is 0 Å². The van der Waals surface area contributed by atoms with Crippen LogP contribution in [0.4, 0.5) is 0 Å². The average Bonchev–Trinajstić information content (AvgIpc) is 3.20. The highest BCUT2D eigenvalue weighted by atomic mass is 16.5. The lowest BCUT2D eigenvalue weighted by atomic mass is 10.3. The standard InChI is InChI=1S/C14H13N5O5/c1-8-17-11(24-18-8)6-15-12(20)10-5-16-14(22)19(13(10)21)7-9-3-2-4-23-9/h2-5H,6-7H2,1H3,(H,15,20)(H,16,22). The van der Waals surface area contributed by atoms with E-state index in [0.717, 1.165) is 10.8 Å². The van der Waals surface area contributed by atoms with Gasteiger partial charge in [0.25, 0.3) is 11.5 Å². The van der Waals surface area contributed by atoms with Crippen LogP contribution in [0.2, 0.25) is 0 Å². The van der Waals surface area contributed by atoms with Crippen molar-refractivity contribution < 1.29 is 13.7 Å². The zero-order valence-electron chi connectivity index (χ0n) is 12.6. The van der Waals surface area contributed by atoms with Gasteiger partial charge in [0.05, 0.1) is 19.4 Å². The molecule has 0 saturated heterocycles. The maximum absolute atomic E-state index is 12.4. The molecular weight excluding hydrogens is 318 g/mol. The molecule has 1 amide bonds.